The van der Waals surface area contributed by atoms with Crippen molar-refractivity contribution in [3.05, 3.63) is 63.5 Å². The molecule has 1 aliphatic carbocycles. The van der Waals surface area contributed by atoms with Crippen LogP contribution in [0.1, 0.15) is 52.0 Å². The molecule has 0 unspecified atom stereocenters. The number of benzene rings is 1. The van der Waals surface area contributed by atoms with E-state index in [2.05, 4.69) is 15.3 Å². The van der Waals surface area contributed by atoms with E-state index in [1.807, 2.05) is 51.1 Å². The molecule has 0 atom stereocenters. The molecule has 3 aromatic rings. The van der Waals surface area contributed by atoms with Crippen molar-refractivity contribution in [3.63, 3.8) is 0 Å². The number of halogens is 1. The number of esters is 1. The fourth-order valence-electron chi connectivity index (χ4n) is 4.13. The molecule has 1 saturated carbocycles. The van der Waals surface area contributed by atoms with Crippen LogP contribution in [0.25, 0.3) is 11.2 Å². The highest BCUT2D eigenvalue weighted by Gasteiger charge is 2.43. The third kappa shape index (κ3) is 4.35. The van der Waals surface area contributed by atoms with Crippen molar-refractivity contribution < 1.29 is 9.53 Å². The summed E-state index contributed by atoms with van der Waals surface area (Å²) in [5.74, 6) is -0.147. The van der Waals surface area contributed by atoms with Gasteiger partial charge in [0.05, 0.1) is 12.0 Å². The predicted octanol–water partition coefficient (Wildman–Crippen LogP) is 4.52. The number of hydrogen-bond donors (Lipinski definition) is 1. The van der Waals surface area contributed by atoms with Crippen molar-refractivity contribution in [1.29, 1.82) is 0 Å². The van der Waals surface area contributed by atoms with E-state index >= 15 is 0 Å². The minimum absolute atomic E-state index is 0.124. The maximum atomic E-state index is 13.7. The Kier molecular flexibility index (Phi) is 5.95. The minimum Gasteiger partial charge on any atom is -0.460 e. The first kappa shape index (κ1) is 22.3. The Hall–Kier alpha value is -2.93. The van der Waals surface area contributed by atoms with E-state index in [-0.39, 0.29) is 30.3 Å². The monoisotopic (exact) mass is 454 g/mol. The fourth-order valence-corrected chi connectivity index (χ4v) is 4.27. The summed E-state index contributed by atoms with van der Waals surface area (Å²) in [6.45, 7) is 5.70. The van der Waals surface area contributed by atoms with Crippen LogP contribution in [0.5, 0.6) is 0 Å². The van der Waals surface area contributed by atoms with Crippen LogP contribution in [-0.2, 0) is 15.1 Å². The van der Waals surface area contributed by atoms with E-state index < -0.39 is 11.1 Å². The van der Waals surface area contributed by atoms with Gasteiger partial charge in [-0.2, -0.15) is 0 Å². The van der Waals surface area contributed by atoms with Crippen molar-refractivity contribution in [1.82, 2.24) is 14.5 Å². The fraction of sp³-hybridized carbons (Fsp3) is 0.417. The van der Waals surface area contributed by atoms with Crippen LogP contribution in [-0.4, -0.2) is 32.7 Å². The molecule has 0 radical (unpaired) electrons. The lowest BCUT2D eigenvalue weighted by Crippen LogP contribution is -2.48. The van der Waals surface area contributed by atoms with Crippen LogP contribution < -0.4 is 10.9 Å². The third-order valence-electron chi connectivity index (χ3n) is 5.63. The second-order valence-electron chi connectivity index (χ2n) is 9.09. The Morgan fingerprint density at radius 3 is 2.50 bits per heavy atom. The number of anilines is 1. The summed E-state index contributed by atoms with van der Waals surface area (Å²) in [7, 11) is 0. The van der Waals surface area contributed by atoms with Crippen LogP contribution in [0, 0.1) is 0 Å². The van der Waals surface area contributed by atoms with E-state index in [0.717, 1.165) is 24.8 Å². The molecule has 0 spiro atoms. The normalized spacial score (nSPS) is 15.2. The SMILES string of the molecule is CC(C)(C)OC(=O)CCNc1nc2ccc(Cl)nc2n(C2(c3ccccc3)CCC2)c1=O. The van der Waals surface area contributed by atoms with E-state index in [0.29, 0.717) is 16.3 Å². The van der Waals surface area contributed by atoms with Crippen LogP contribution in [0.15, 0.2) is 47.3 Å². The van der Waals surface area contributed by atoms with E-state index in [9.17, 15) is 9.59 Å². The van der Waals surface area contributed by atoms with E-state index in [4.69, 9.17) is 16.3 Å². The van der Waals surface area contributed by atoms with Crippen molar-refractivity contribution in [2.24, 2.45) is 0 Å². The van der Waals surface area contributed by atoms with Crippen molar-refractivity contribution in [2.75, 3.05) is 11.9 Å². The molecule has 1 aromatic carbocycles. The molecule has 168 valence electrons. The average molecular weight is 455 g/mol. The Bertz CT molecular complexity index is 1200. The molecule has 1 aliphatic rings. The number of rotatable bonds is 6. The number of nitrogens with one attached hydrogen (secondary N) is 1. The van der Waals surface area contributed by atoms with Gasteiger partial charge in [0, 0.05) is 6.54 Å². The van der Waals surface area contributed by atoms with Crippen LogP contribution in [0.4, 0.5) is 5.82 Å². The summed E-state index contributed by atoms with van der Waals surface area (Å²) in [4.78, 5) is 34.7. The Balaban J connectivity index is 1.74. The Labute approximate surface area is 191 Å². The summed E-state index contributed by atoms with van der Waals surface area (Å²) in [6.07, 6.45) is 2.77. The number of ether oxygens (including phenoxy) is 1. The minimum atomic E-state index is -0.553. The molecule has 1 N–H and O–H groups in total. The van der Waals surface area contributed by atoms with Crippen LogP contribution in [0.3, 0.4) is 0 Å². The number of pyridine rings is 1. The van der Waals surface area contributed by atoms with Gasteiger partial charge in [-0.25, -0.2) is 9.97 Å². The highest BCUT2D eigenvalue weighted by atomic mass is 35.5. The highest BCUT2D eigenvalue weighted by Crippen LogP contribution is 2.45. The maximum absolute atomic E-state index is 13.7. The number of aromatic nitrogens is 3. The van der Waals surface area contributed by atoms with Gasteiger partial charge in [0.1, 0.15) is 16.3 Å². The zero-order valence-corrected chi connectivity index (χ0v) is 19.3. The summed E-state index contributed by atoms with van der Waals surface area (Å²) < 4.78 is 7.08. The van der Waals surface area contributed by atoms with Crippen molar-refractivity contribution in [3.8, 4) is 0 Å². The number of carbonyl (C=O) groups excluding carboxylic acids is 1. The summed E-state index contributed by atoms with van der Waals surface area (Å²) in [5.41, 5.74) is 0.753. The first-order valence-electron chi connectivity index (χ1n) is 10.8. The second-order valence-corrected chi connectivity index (χ2v) is 9.48. The topological polar surface area (TPSA) is 86.1 Å². The van der Waals surface area contributed by atoms with Crippen LogP contribution >= 0.6 is 11.6 Å². The number of fused-ring (bicyclic) bond motifs is 1. The molecule has 0 aliphatic heterocycles. The zero-order chi connectivity index (χ0) is 22.9. The van der Waals surface area contributed by atoms with Gasteiger partial charge in [-0.1, -0.05) is 41.9 Å². The Morgan fingerprint density at radius 1 is 1.16 bits per heavy atom. The molecule has 0 amide bonds. The largest absolute Gasteiger partial charge is 0.460 e. The molecule has 0 saturated heterocycles. The van der Waals surface area contributed by atoms with Gasteiger partial charge in [0.2, 0.25) is 0 Å². The highest BCUT2D eigenvalue weighted by molar-refractivity contribution is 6.29. The van der Waals surface area contributed by atoms with Gasteiger partial charge in [-0.3, -0.25) is 14.2 Å². The molecule has 0 bridgehead atoms. The van der Waals surface area contributed by atoms with Gasteiger partial charge in [0.15, 0.2) is 11.5 Å². The van der Waals surface area contributed by atoms with Gasteiger partial charge in [-0.05, 0) is 57.7 Å². The molecule has 2 aromatic heterocycles. The smallest absolute Gasteiger partial charge is 0.308 e. The Morgan fingerprint density at radius 2 is 1.88 bits per heavy atom. The van der Waals surface area contributed by atoms with Gasteiger partial charge in [0.25, 0.3) is 5.56 Å². The van der Waals surface area contributed by atoms with Gasteiger partial charge >= 0.3 is 5.97 Å². The standard InChI is InChI=1S/C24H27ClN4O3/c1-23(2,3)32-19(30)12-15-26-20-22(31)29(21-17(27-20)10-11-18(25)28-21)24(13-7-14-24)16-8-5-4-6-9-16/h4-6,8-11H,7,12-15H2,1-3H3,(H,26,27). The van der Waals surface area contributed by atoms with Gasteiger partial charge < -0.3 is 10.1 Å². The van der Waals surface area contributed by atoms with Crippen molar-refractivity contribution in [2.45, 2.75) is 57.6 Å². The summed E-state index contributed by atoms with van der Waals surface area (Å²) >= 11 is 6.19. The lowest BCUT2D eigenvalue weighted by Gasteiger charge is -2.44. The molecular formula is C24H27ClN4O3. The quantitative estimate of drug-likeness (QED) is 0.435. The molecular weight excluding hydrogens is 428 g/mol. The average Bonchev–Trinajstić information content (AvgIpc) is 2.69. The zero-order valence-electron chi connectivity index (χ0n) is 18.5. The summed E-state index contributed by atoms with van der Waals surface area (Å²) in [6, 6.07) is 13.4. The lowest BCUT2D eigenvalue weighted by atomic mass is 9.71. The third-order valence-corrected chi connectivity index (χ3v) is 5.84. The number of carbonyl (C=O) groups is 1. The molecule has 7 nitrogen and oxygen atoms in total. The van der Waals surface area contributed by atoms with Crippen molar-refractivity contribution >= 4 is 34.6 Å². The van der Waals surface area contributed by atoms with Crippen LogP contribution in [0.2, 0.25) is 5.15 Å². The summed E-state index contributed by atoms with van der Waals surface area (Å²) in [5, 5.41) is 3.35. The lowest BCUT2D eigenvalue weighted by molar-refractivity contribution is -0.154. The molecule has 32 heavy (non-hydrogen) atoms. The molecule has 8 heteroatoms. The first-order valence-corrected chi connectivity index (χ1v) is 11.2. The molecule has 4 rings (SSSR count). The number of nitrogens with zero attached hydrogens (tertiary/aromatic N) is 3. The second kappa shape index (κ2) is 8.54. The molecule has 2 heterocycles. The molecule has 1 fully saturated rings. The predicted molar refractivity (Wildman–Crippen MR) is 125 cm³/mol. The van der Waals surface area contributed by atoms with E-state index in [1.165, 1.54) is 0 Å². The maximum Gasteiger partial charge on any atom is 0.308 e. The first-order chi connectivity index (χ1) is 15.2. The number of hydrogen-bond acceptors (Lipinski definition) is 6. The van der Waals surface area contributed by atoms with E-state index in [1.54, 1.807) is 16.7 Å². The van der Waals surface area contributed by atoms with Gasteiger partial charge in [-0.15, -0.1) is 0 Å².